The highest BCUT2D eigenvalue weighted by atomic mass is 127. The van der Waals surface area contributed by atoms with E-state index in [2.05, 4.69) is 49.4 Å². The molecule has 0 saturated carbocycles. The first kappa shape index (κ1) is 27.5. The van der Waals surface area contributed by atoms with Crippen LogP contribution in [0.15, 0.2) is 29.3 Å². The van der Waals surface area contributed by atoms with E-state index < -0.39 is 9.84 Å². The van der Waals surface area contributed by atoms with Crippen LogP contribution in [0.5, 0.6) is 0 Å². The number of nitrogens with one attached hydrogen (secondary N) is 2. The molecule has 1 aromatic rings. The summed E-state index contributed by atoms with van der Waals surface area (Å²) in [6, 6.07) is 7.94. The van der Waals surface area contributed by atoms with Crippen LogP contribution in [0.1, 0.15) is 39.7 Å². The molecule has 0 aromatic heterocycles. The van der Waals surface area contributed by atoms with Gasteiger partial charge in [0.1, 0.15) is 9.84 Å². The number of sulfone groups is 1. The van der Waals surface area contributed by atoms with Crippen molar-refractivity contribution in [1.82, 2.24) is 10.6 Å². The van der Waals surface area contributed by atoms with Gasteiger partial charge in [-0.15, -0.1) is 24.0 Å². The van der Waals surface area contributed by atoms with Crippen LogP contribution < -0.4 is 10.6 Å². The van der Waals surface area contributed by atoms with Crippen molar-refractivity contribution in [3.63, 3.8) is 0 Å². The van der Waals surface area contributed by atoms with Gasteiger partial charge in [-0.05, 0) is 41.4 Å². The summed E-state index contributed by atoms with van der Waals surface area (Å²) in [5.41, 5.74) is 1.09. The highest BCUT2D eigenvalue weighted by molar-refractivity contribution is 14.0. The molecule has 0 unspecified atom stereocenters. The number of benzene rings is 1. The van der Waals surface area contributed by atoms with Gasteiger partial charge >= 0.3 is 0 Å². The van der Waals surface area contributed by atoms with E-state index in [1.54, 1.807) is 7.05 Å². The molecule has 0 saturated heterocycles. The van der Waals surface area contributed by atoms with Crippen molar-refractivity contribution in [2.24, 2.45) is 15.8 Å². The topological polar surface area (TPSA) is 70.6 Å². The van der Waals surface area contributed by atoms with Crippen molar-refractivity contribution in [3.8, 4) is 0 Å². The Bertz CT molecular complexity index is 750. The molecular formula is C20H35ClIN3O2S. The van der Waals surface area contributed by atoms with E-state index in [1.165, 1.54) is 11.8 Å². The fraction of sp³-hybridized carbons (Fsp3) is 0.650. The molecule has 5 nitrogen and oxygen atoms in total. The first-order valence-corrected chi connectivity index (χ1v) is 11.6. The summed E-state index contributed by atoms with van der Waals surface area (Å²) in [4.78, 5) is 4.28. The predicted octanol–water partition coefficient (Wildman–Crippen LogP) is 4.15. The summed E-state index contributed by atoms with van der Waals surface area (Å²) in [5.74, 6) is 0.919. The molecule has 28 heavy (non-hydrogen) atoms. The molecule has 0 radical (unpaired) electrons. The molecule has 1 aromatic carbocycles. The molecule has 0 aliphatic carbocycles. The first-order valence-electron chi connectivity index (χ1n) is 9.19. The summed E-state index contributed by atoms with van der Waals surface area (Å²) >= 11 is 6.08. The van der Waals surface area contributed by atoms with Crippen molar-refractivity contribution in [2.75, 3.05) is 32.1 Å². The molecule has 0 amide bonds. The number of rotatable bonds is 9. The normalized spacial score (nSPS) is 13.0. The van der Waals surface area contributed by atoms with E-state index in [1.807, 2.05) is 18.2 Å². The molecule has 0 atom stereocenters. The molecule has 0 aliphatic heterocycles. The Hall–Kier alpha value is -0.540. The lowest BCUT2D eigenvalue weighted by Gasteiger charge is -2.29. The third-order valence-corrected chi connectivity index (χ3v) is 5.59. The quantitative estimate of drug-likeness (QED) is 0.279. The minimum atomic E-state index is -2.95. The summed E-state index contributed by atoms with van der Waals surface area (Å²) in [6.07, 6.45) is 2.78. The standard InChI is InChI=1S/C20H34ClN3O2S.HI/c1-19(2,10-11-27(6,25)26)14-23-18(22-5)24-15-20(3,4)13-16-8-7-9-17(21)12-16;/h7-9,12H,10-11,13-15H2,1-6H3,(H2,22,23,24);1H. The zero-order chi connectivity index (χ0) is 20.7. The van der Waals surface area contributed by atoms with Crippen LogP contribution in [0.25, 0.3) is 0 Å². The number of nitrogens with zero attached hydrogens (tertiary/aromatic N) is 1. The van der Waals surface area contributed by atoms with Crippen LogP contribution in [0.3, 0.4) is 0 Å². The fourth-order valence-corrected chi connectivity index (χ4v) is 3.81. The third-order valence-electron chi connectivity index (χ3n) is 4.41. The lowest BCUT2D eigenvalue weighted by molar-refractivity contribution is 0.340. The van der Waals surface area contributed by atoms with E-state index >= 15 is 0 Å². The van der Waals surface area contributed by atoms with Gasteiger partial charge in [-0.1, -0.05) is 51.4 Å². The Balaban J connectivity index is 0.00000729. The predicted molar refractivity (Wildman–Crippen MR) is 132 cm³/mol. The largest absolute Gasteiger partial charge is 0.356 e. The maximum absolute atomic E-state index is 11.4. The number of guanidine groups is 1. The lowest BCUT2D eigenvalue weighted by Crippen LogP contribution is -2.45. The molecular weight excluding hydrogens is 509 g/mol. The number of hydrogen-bond acceptors (Lipinski definition) is 3. The molecule has 2 N–H and O–H groups in total. The van der Waals surface area contributed by atoms with Crippen LogP contribution in [-0.2, 0) is 16.3 Å². The molecule has 0 heterocycles. The van der Waals surface area contributed by atoms with Gasteiger partial charge in [0.2, 0.25) is 0 Å². The Labute approximate surface area is 193 Å². The van der Waals surface area contributed by atoms with E-state index in [0.29, 0.717) is 13.0 Å². The molecule has 8 heteroatoms. The van der Waals surface area contributed by atoms with Crippen molar-refractivity contribution >= 4 is 51.4 Å². The van der Waals surface area contributed by atoms with Crippen LogP contribution in [0.4, 0.5) is 0 Å². The number of hydrogen-bond donors (Lipinski definition) is 2. The van der Waals surface area contributed by atoms with Gasteiger partial charge in [-0.3, -0.25) is 4.99 Å². The van der Waals surface area contributed by atoms with Crippen LogP contribution >= 0.6 is 35.6 Å². The smallest absolute Gasteiger partial charge is 0.191 e. The molecule has 0 aliphatic rings. The molecule has 162 valence electrons. The monoisotopic (exact) mass is 543 g/mol. The minimum Gasteiger partial charge on any atom is -0.356 e. The first-order chi connectivity index (χ1) is 12.3. The van der Waals surface area contributed by atoms with Gasteiger partial charge in [0.15, 0.2) is 5.96 Å². The van der Waals surface area contributed by atoms with Gasteiger partial charge in [0.25, 0.3) is 0 Å². The van der Waals surface area contributed by atoms with Crippen molar-refractivity contribution in [1.29, 1.82) is 0 Å². The number of aliphatic imine (C=N–C) groups is 1. The van der Waals surface area contributed by atoms with Crippen molar-refractivity contribution in [2.45, 2.75) is 40.5 Å². The Kier molecular flexibility index (Phi) is 11.4. The Morgan fingerprint density at radius 1 is 1.11 bits per heavy atom. The summed E-state index contributed by atoms with van der Waals surface area (Å²) in [6.45, 7) is 9.91. The van der Waals surface area contributed by atoms with Gasteiger partial charge in [-0.25, -0.2) is 8.42 Å². The molecule has 1 rings (SSSR count). The summed E-state index contributed by atoms with van der Waals surface area (Å²) in [7, 11) is -1.21. The highest BCUT2D eigenvalue weighted by Gasteiger charge is 2.22. The number of halogens is 2. The van der Waals surface area contributed by atoms with Crippen molar-refractivity contribution < 1.29 is 8.42 Å². The van der Waals surface area contributed by atoms with Crippen molar-refractivity contribution in [3.05, 3.63) is 34.9 Å². The maximum atomic E-state index is 11.4. The zero-order valence-corrected chi connectivity index (χ0v) is 21.7. The molecule has 0 spiro atoms. The van der Waals surface area contributed by atoms with Gasteiger partial charge in [0, 0.05) is 31.4 Å². The summed E-state index contributed by atoms with van der Waals surface area (Å²) in [5, 5.41) is 7.45. The SMILES string of the molecule is CN=C(NCC(C)(C)CCS(C)(=O)=O)NCC(C)(C)Cc1cccc(Cl)c1.I. The van der Waals surface area contributed by atoms with Crippen LogP contribution in [-0.4, -0.2) is 46.5 Å². The minimum absolute atomic E-state index is 0. The third kappa shape index (κ3) is 12.1. The van der Waals surface area contributed by atoms with Gasteiger partial charge in [0.05, 0.1) is 5.75 Å². The second-order valence-corrected chi connectivity index (χ2v) is 11.5. The highest BCUT2D eigenvalue weighted by Crippen LogP contribution is 2.23. The zero-order valence-electron chi connectivity index (χ0n) is 17.8. The Morgan fingerprint density at radius 2 is 1.68 bits per heavy atom. The van der Waals surface area contributed by atoms with Crippen LogP contribution in [0.2, 0.25) is 5.02 Å². The maximum Gasteiger partial charge on any atom is 0.191 e. The average molecular weight is 544 g/mol. The second kappa shape index (κ2) is 11.6. The van der Waals surface area contributed by atoms with Gasteiger partial charge in [-0.2, -0.15) is 0 Å². The summed E-state index contributed by atoms with van der Waals surface area (Å²) < 4.78 is 22.8. The second-order valence-electron chi connectivity index (χ2n) is 8.79. The average Bonchev–Trinajstić information content (AvgIpc) is 2.52. The fourth-order valence-electron chi connectivity index (χ4n) is 2.68. The van der Waals surface area contributed by atoms with Crippen LogP contribution in [0, 0.1) is 10.8 Å². The van der Waals surface area contributed by atoms with Gasteiger partial charge < -0.3 is 10.6 Å². The van der Waals surface area contributed by atoms with E-state index in [4.69, 9.17) is 11.6 Å². The van der Waals surface area contributed by atoms with E-state index in [0.717, 1.165) is 23.9 Å². The Morgan fingerprint density at radius 3 is 2.18 bits per heavy atom. The molecule has 0 fully saturated rings. The lowest BCUT2D eigenvalue weighted by atomic mass is 9.85. The van der Waals surface area contributed by atoms with E-state index in [-0.39, 0.29) is 40.6 Å². The van der Waals surface area contributed by atoms with E-state index in [9.17, 15) is 8.42 Å². The molecule has 0 bridgehead atoms.